The van der Waals surface area contributed by atoms with E-state index in [4.69, 9.17) is 0 Å². The van der Waals surface area contributed by atoms with Gasteiger partial charge in [-0.2, -0.15) is 5.10 Å². The Morgan fingerprint density at radius 2 is 2.20 bits per heavy atom. The number of rotatable bonds is 3. The lowest BCUT2D eigenvalue weighted by atomic mass is 10.3. The molecule has 1 N–H and O–H groups in total. The van der Waals surface area contributed by atoms with E-state index in [2.05, 4.69) is 25.3 Å². The Balaban J connectivity index is 1.68. The Labute approximate surface area is 116 Å². The molecule has 1 aliphatic heterocycles. The van der Waals surface area contributed by atoms with Crippen molar-refractivity contribution < 1.29 is 4.79 Å². The summed E-state index contributed by atoms with van der Waals surface area (Å²) >= 11 is 0. The Morgan fingerprint density at radius 1 is 1.40 bits per heavy atom. The smallest absolute Gasteiger partial charge is 0.225 e. The third-order valence-corrected chi connectivity index (χ3v) is 3.28. The molecule has 0 saturated carbocycles. The van der Waals surface area contributed by atoms with Crippen LogP contribution >= 0.6 is 0 Å². The van der Waals surface area contributed by atoms with Crippen molar-refractivity contribution in [3.63, 3.8) is 0 Å². The number of anilines is 2. The van der Waals surface area contributed by atoms with Crippen molar-refractivity contribution in [2.24, 2.45) is 0 Å². The van der Waals surface area contributed by atoms with E-state index in [-0.39, 0.29) is 11.9 Å². The highest BCUT2D eigenvalue weighted by Gasteiger charge is 2.26. The fraction of sp³-hybridized carbons (Fsp3) is 0.385. The molecule has 1 fully saturated rings. The standard InChI is InChI=1S/C13H16N6O/c1-10(20)16-12-4-8-19(17-12)11-3-7-18(9-11)13-14-5-2-6-15-13/h2,4-6,8,11H,3,7,9H2,1H3,(H,16,17,20)/t11-/m1/s1. The minimum absolute atomic E-state index is 0.110. The Kier molecular flexibility index (Phi) is 3.32. The molecule has 0 bridgehead atoms. The van der Waals surface area contributed by atoms with Gasteiger partial charge in [0, 0.05) is 44.7 Å². The van der Waals surface area contributed by atoms with E-state index >= 15 is 0 Å². The van der Waals surface area contributed by atoms with Crippen LogP contribution in [0.5, 0.6) is 0 Å². The SMILES string of the molecule is CC(=O)Nc1ccn([C@@H]2CCN(c3ncccn3)C2)n1. The molecule has 1 saturated heterocycles. The molecule has 1 amide bonds. The van der Waals surface area contributed by atoms with Crippen LogP contribution in [0.2, 0.25) is 0 Å². The Morgan fingerprint density at radius 3 is 2.95 bits per heavy atom. The first-order valence-electron chi connectivity index (χ1n) is 6.57. The normalized spacial score (nSPS) is 18.2. The minimum Gasteiger partial charge on any atom is -0.339 e. The van der Waals surface area contributed by atoms with Crippen molar-refractivity contribution in [1.82, 2.24) is 19.7 Å². The highest BCUT2D eigenvalue weighted by Crippen LogP contribution is 2.24. The second kappa shape index (κ2) is 5.28. The second-order valence-corrected chi connectivity index (χ2v) is 4.80. The fourth-order valence-corrected chi connectivity index (χ4v) is 2.38. The average molecular weight is 272 g/mol. The lowest BCUT2D eigenvalue weighted by Gasteiger charge is -2.15. The third-order valence-electron chi connectivity index (χ3n) is 3.28. The van der Waals surface area contributed by atoms with Gasteiger partial charge in [0.15, 0.2) is 5.82 Å². The zero-order valence-corrected chi connectivity index (χ0v) is 11.2. The molecule has 20 heavy (non-hydrogen) atoms. The number of hydrogen-bond acceptors (Lipinski definition) is 5. The van der Waals surface area contributed by atoms with Crippen molar-refractivity contribution in [2.75, 3.05) is 23.3 Å². The molecule has 1 atom stereocenters. The molecule has 3 rings (SSSR count). The van der Waals surface area contributed by atoms with Gasteiger partial charge in [-0.05, 0) is 12.5 Å². The summed E-state index contributed by atoms with van der Waals surface area (Å²) in [5, 5.41) is 7.06. The van der Waals surface area contributed by atoms with E-state index in [0.29, 0.717) is 5.82 Å². The van der Waals surface area contributed by atoms with Crippen molar-refractivity contribution in [2.45, 2.75) is 19.4 Å². The lowest BCUT2D eigenvalue weighted by Crippen LogP contribution is -2.23. The van der Waals surface area contributed by atoms with Gasteiger partial charge in [0.2, 0.25) is 11.9 Å². The largest absolute Gasteiger partial charge is 0.339 e. The highest BCUT2D eigenvalue weighted by molar-refractivity contribution is 5.87. The number of carbonyl (C=O) groups excluding carboxylic acids is 1. The van der Waals surface area contributed by atoms with Gasteiger partial charge in [0.1, 0.15) is 0 Å². The van der Waals surface area contributed by atoms with Crippen LogP contribution in [0, 0.1) is 0 Å². The Hall–Kier alpha value is -2.44. The lowest BCUT2D eigenvalue weighted by molar-refractivity contribution is -0.114. The van der Waals surface area contributed by atoms with Crippen molar-refractivity contribution >= 4 is 17.7 Å². The summed E-state index contributed by atoms with van der Waals surface area (Å²) < 4.78 is 1.90. The highest BCUT2D eigenvalue weighted by atomic mass is 16.1. The van der Waals surface area contributed by atoms with Crippen molar-refractivity contribution in [1.29, 1.82) is 0 Å². The van der Waals surface area contributed by atoms with Crippen LogP contribution in [-0.4, -0.2) is 38.7 Å². The summed E-state index contributed by atoms with van der Waals surface area (Å²) in [6.07, 6.45) is 6.38. The van der Waals surface area contributed by atoms with Crippen LogP contribution in [0.3, 0.4) is 0 Å². The first-order valence-corrected chi connectivity index (χ1v) is 6.57. The van der Waals surface area contributed by atoms with Crippen LogP contribution in [0.15, 0.2) is 30.7 Å². The van der Waals surface area contributed by atoms with Gasteiger partial charge in [0.05, 0.1) is 6.04 Å². The summed E-state index contributed by atoms with van der Waals surface area (Å²) in [5.74, 6) is 1.23. The molecule has 0 unspecified atom stereocenters. The summed E-state index contributed by atoms with van der Waals surface area (Å²) in [4.78, 5) is 21.7. The van der Waals surface area contributed by atoms with Crippen molar-refractivity contribution in [3.05, 3.63) is 30.7 Å². The average Bonchev–Trinajstić information content (AvgIpc) is 3.07. The number of amides is 1. The first-order chi connectivity index (χ1) is 9.72. The van der Waals surface area contributed by atoms with Crippen molar-refractivity contribution in [3.8, 4) is 0 Å². The molecule has 1 aliphatic rings. The predicted molar refractivity (Wildman–Crippen MR) is 74.4 cm³/mol. The van der Waals surface area contributed by atoms with Crippen LogP contribution in [0.4, 0.5) is 11.8 Å². The van der Waals surface area contributed by atoms with E-state index in [1.165, 1.54) is 6.92 Å². The second-order valence-electron chi connectivity index (χ2n) is 4.80. The van der Waals surface area contributed by atoms with Gasteiger partial charge >= 0.3 is 0 Å². The zero-order chi connectivity index (χ0) is 13.9. The monoisotopic (exact) mass is 272 g/mol. The maximum absolute atomic E-state index is 11.0. The van der Waals surface area contributed by atoms with E-state index in [1.807, 2.05) is 23.0 Å². The number of aromatic nitrogens is 4. The van der Waals surface area contributed by atoms with Gasteiger partial charge in [-0.3, -0.25) is 9.48 Å². The van der Waals surface area contributed by atoms with Gasteiger partial charge in [-0.25, -0.2) is 9.97 Å². The quantitative estimate of drug-likeness (QED) is 0.905. The van der Waals surface area contributed by atoms with Crippen LogP contribution in [-0.2, 0) is 4.79 Å². The maximum atomic E-state index is 11.0. The van der Waals surface area contributed by atoms with E-state index < -0.39 is 0 Å². The Bertz CT molecular complexity index is 596. The molecule has 0 radical (unpaired) electrons. The summed E-state index contributed by atoms with van der Waals surface area (Å²) in [6.45, 7) is 3.21. The minimum atomic E-state index is -0.110. The molecule has 104 valence electrons. The topological polar surface area (TPSA) is 75.9 Å². The fourth-order valence-electron chi connectivity index (χ4n) is 2.38. The molecule has 0 aromatic carbocycles. The van der Waals surface area contributed by atoms with Crippen LogP contribution in [0.1, 0.15) is 19.4 Å². The van der Waals surface area contributed by atoms with Gasteiger partial charge in [-0.1, -0.05) is 0 Å². The summed E-state index contributed by atoms with van der Waals surface area (Å²) in [7, 11) is 0. The summed E-state index contributed by atoms with van der Waals surface area (Å²) in [6, 6.07) is 3.90. The number of nitrogens with one attached hydrogen (secondary N) is 1. The molecule has 2 aromatic heterocycles. The van der Waals surface area contributed by atoms with E-state index in [9.17, 15) is 4.79 Å². The number of carbonyl (C=O) groups is 1. The van der Waals surface area contributed by atoms with Gasteiger partial charge in [0.25, 0.3) is 0 Å². The summed E-state index contributed by atoms with van der Waals surface area (Å²) in [5.41, 5.74) is 0. The van der Waals surface area contributed by atoms with Gasteiger partial charge in [-0.15, -0.1) is 0 Å². The molecule has 7 heteroatoms. The molecule has 0 aliphatic carbocycles. The number of hydrogen-bond donors (Lipinski definition) is 1. The molecule has 3 heterocycles. The van der Waals surface area contributed by atoms with Gasteiger partial charge < -0.3 is 10.2 Å². The third kappa shape index (κ3) is 2.61. The predicted octanol–water partition coefficient (Wildman–Crippen LogP) is 1.08. The zero-order valence-electron chi connectivity index (χ0n) is 11.2. The van der Waals surface area contributed by atoms with E-state index in [1.54, 1.807) is 12.4 Å². The molecule has 2 aromatic rings. The number of nitrogens with zero attached hydrogens (tertiary/aromatic N) is 5. The van der Waals surface area contributed by atoms with Crippen LogP contribution < -0.4 is 10.2 Å². The molecule has 7 nitrogen and oxygen atoms in total. The first kappa shape index (κ1) is 12.6. The molecular weight excluding hydrogens is 256 g/mol. The van der Waals surface area contributed by atoms with Crippen LogP contribution in [0.25, 0.3) is 0 Å². The molecular formula is C13H16N6O. The molecule has 0 spiro atoms. The van der Waals surface area contributed by atoms with E-state index in [0.717, 1.165) is 25.5 Å². The maximum Gasteiger partial charge on any atom is 0.225 e.